The number of carbonyl (C=O) groups excluding carboxylic acids is 1. The van der Waals surface area contributed by atoms with Gasteiger partial charge in [-0.15, -0.1) is 0 Å². The molecule has 0 bridgehead atoms. The van der Waals surface area contributed by atoms with E-state index < -0.39 is 5.60 Å². The second-order valence-electron chi connectivity index (χ2n) is 4.38. The number of amides is 1. The first-order valence-electron chi connectivity index (χ1n) is 5.48. The van der Waals surface area contributed by atoms with Crippen LogP contribution in [-0.4, -0.2) is 44.0 Å². The lowest BCUT2D eigenvalue weighted by Crippen LogP contribution is -2.45. The number of hydrazine groups is 2. The predicted octanol–water partition coefficient (Wildman–Crippen LogP) is 0.472. The van der Waals surface area contributed by atoms with E-state index in [1.807, 2.05) is 40.0 Å². The Kier molecular flexibility index (Phi) is 7.03. The second-order valence-corrected chi connectivity index (χ2v) is 4.38. The molecule has 0 spiro atoms. The number of ether oxygens (including phenoxy) is 1. The van der Waals surface area contributed by atoms with Crippen molar-refractivity contribution in [2.45, 2.75) is 32.8 Å². The van der Waals surface area contributed by atoms with Crippen molar-refractivity contribution in [1.82, 2.24) is 21.3 Å². The molecule has 0 unspecified atom stereocenters. The van der Waals surface area contributed by atoms with E-state index in [1.54, 1.807) is 0 Å². The third-order valence-corrected chi connectivity index (χ3v) is 1.77. The topological polar surface area (TPSA) is 65.6 Å². The molecule has 0 aliphatic rings. The summed E-state index contributed by atoms with van der Waals surface area (Å²) in [7, 11) is 3.66. The molecule has 16 heavy (non-hydrogen) atoms. The first-order valence-corrected chi connectivity index (χ1v) is 5.48. The van der Waals surface area contributed by atoms with Crippen molar-refractivity contribution in [2.24, 2.45) is 0 Å². The lowest BCUT2D eigenvalue weighted by Gasteiger charge is -2.21. The summed E-state index contributed by atoms with van der Waals surface area (Å²) < 4.78 is 5.10. The molecule has 0 aromatic rings. The lowest BCUT2D eigenvalue weighted by atomic mass is 10.2. The summed E-state index contributed by atoms with van der Waals surface area (Å²) in [5, 5.41) is 4.53. The molecule has 96 valence electrons. The Morgan fingerprint density at radius 1 is 1.25 bits per heavy atom. The number of carbonyl (C=O) groups is 1. The number of hydrogen-bond acceptors (Lipinski definition) is 5. The van der Waals surface area contributed by atoms with E-state index in [1.165, 1.54) is 0 Å². The van der Waals surface area contributed by atoms with Crippen LogP contribution in [0.4, 0.5) is 4.79 Å². The monoisotopic (exact) mass is 232 g/mol. The van der Waals surface area contributed by atoms with Crippen LogP contribution < -0.4 is 16.2 Å². The van der Waals surface area contributed by atoms with Gasteiger partial charge in [-0.2, -0.15) is 5.12 Å². The summed E-state index contributed by atoms with van der Waals surface area (Å²) >= 11 is 0. The molecule has 0 fully saturated rings. The molecule has 0 saturated carbocycles. The number of nitrogens with one attached hydrogen (secondary N) is 3. The van der Waals surface area contributed by atoms with Crippen LogP contribution in [0.2, 0.25) is 0 Å². The van der Waals surface area contributed by atoms with Crippen molar-refractivity contribution in [2.75, 3.05) is 27.2 Å². The predicted molar refractivity (Wildman–Crippen MR) is 63.7 cm³/mol. The minimum absolute atomic E-state index is 0.368. The Balaban J connectivity index is 3.55. The fourth-order valence-electron chi connectivity index (χ4n) is 1.08. The molecule has 0 saturated heterocycles. The van der Waals surface area contributed by atoms with E-state index in [0.29, 0.717) is 6.54 Å². The molecular weight excluding hydrogens is 208 g/mol. The maximum Gasteiger partial charge on any atom is 0.407 e. The van der Waals surface area contributed by atoms with Gasteiger partial charge in [0, 0.05) is 27.2 Å². The van der Waals surface area contributed by atoms with Gasteiger partial charge in [-0.05, 0) is 27.2 Å². The minimum atomic E-state index is -0.438. The van der Waals surface area contributed by atoms with E-state index >= 15 is 0 Å². The van der Waals surface area contributed by atoms with Gasteiger partial charge in [0.05, 0.1) is 0 Å². The standard InChI is InChI=1S/C10H24N4O2/c1-10(2,3)16-9(15)13-7-6-8-14(11-4)12-5/h11-12H,6-8H2,1-5H3,(H,13,15). The largest absolute Gasteiger partial charge is 0.444 e. The molecule has 3 N–H and O–H groups in total. The van der Waals surface area contributed by atoms with Crippen LogP contribution in [0.15, 0.2) is 0 Å². The van der Waals surface area contributed by atoms with Gasteiger partial charge in [0.2, 0.25) is 0 Å². The zero-order chi connectivity index (χ0) is 12.6. The highest BCUT2D eigenvalue weighted by Gasteiger charge is 2.15. The zero-order valence-electron chi connectivity index (χ0n) is 10.9. The second kappa shape index (κ2) is 7.43. The molecule has 0 atom stereocenters. The fourth-order valence-corrected chi connectivity index (χ4v) is 1.08. The van der Waals surface area contributed by atoms with Crippen LogP contribution in [0, 0.1) is 0 Å². The van der Waals surface area contributed by atoms with E-state index in [0.717, 1.165) is 13.0 Å². The van der Waals surface area contributed by atoms with Crippen molar-refractivity contribution in [3.63, 3.8) is 0 Å². The maximum absolute atomic E-state index is 11.3. The zero-order valence-corrected chi connectivity index (χ0v) is 10.9. The van der Waals surface area contributed by atoms with Gasteiger partial charge in [-0.3, -0.25) is 0 Å². The fraction of sp³-hybridized carbons (Fsp3) is 0.900. The average Bonchev–Trinajstić information content (AvgIpc) is 2.15. The highest BCUT2D eigenvalue weighted by Crippen LogP contribution is 2.06. The first-order chi connectivity index (χ1) is 7.39. The van der Waals surface area contributed by atoms with Crippen molar-refractivity contribution in [1.29, 1.82) is 0 Å². The van der Waals surface area contributed by atoms with Gasteiger partial charge in [0.1, 0.15) is 5.60 Å². The van der Waals surface area contributed by atoms with Gasteiger partial charge < -0.3 is 10.1 Å². The summed E-state index contributed by atoms with van der Waals surface area (Å²) in [5.74, 6) is 0. The molecule has 6 heteroatoms. The van der Waals surface area contributed by atoms with Crippen molar-refractivity contribution >= 4 is 6.09 Å². The van der Waals surface area contributed by atoms with E-state index in [-0.39, 0.29) is 6.09 Å². The van der Waals surface area contributed by atoms with Crippen molar-refractivity contribution in [3.8, 4) is 0 Å². The normalized spacial score (nSPS) is 11.6. The molecule has 0 radical (unpaired) electrons. The SMILES string of the molecule is CNN(CCCNC(=O)OC(C)(C)C)NC. The lowest BCUT2D eigenvalue weighted by molar-refractivity contribution is 0.0522. The Bertz CT molecular complexity index is 199. The summed E-state index contributed by atoms with van der Waals surface area (Å²) in [6.07, 6.45) is 0.467. The summed E-state index contributed by atoms with van der Waals surface area (Å²) in [5.41, 5.74) is 5.47. The van der Waals surface area contributed by atoms with Crippen molar-refractivity contribution in [3.05, 3.63) is 0 Å². The van der Waals surface area contributed by atoms with Gasteiger partial charge in [0.25, 0.3) is 0 Å². The summed E-state index contributed by atoms with van der Waals surface area (Å²) in [6.45, 7) is 6.92. The van der Waals surface area contributed by atoms with E-state index in [4.69, 9.17) is 4.74 Å². The molecule has 0 rings (SSSR count). The molecular formula is C10H24N4O2. The average molecular weight is 232 g/mol. The smallest absolute Gasteiger partial charge is 0.407 e. The van der Waals surface area contributed by atoms with Gasteiger partial charge in [-0.25, -0.2) is 15.6 Å². The van der Waals surface area contributed by atoms with Crippen LogP contribution in [0.1, 0.15) is 27.2 Å². The minimum Gasteiger partial charge on any atom is -0.444 e. The molecule has 0 heterocycles. The first kappa shape index (κ1) is 15.2. The molecule has 0 aromatic carbocycles. The molecule has 1 amide bonds. The Morgan fingerprint density at radius 2 is 1.81 bits per heavy atom. The highest BCUT2D eigenvalue weighted by molar-refractivity contribution is 5.67. The van der Waals surface area contributed by atoms with E-state index in [9.17, 15) is 4.79 Å². The highest BCUT2D eigenvalue weighted by atomic mass is 16.6. The number of hydrogen-bond donors (Lipinski definition) is 3. The van der Waals surface area contributed by atoms with Crippen LogP contribution in [0.25, 0.3) is 0 Å². The van der Waals surface area contributed by atoms with Gasteiger partial charge in [-0.1, -0.05) is 0 Å². The molecule has 6 nitrogen and oxygen atoms in total. The van der Waals surface area contributed by atoms with Crippen LogP contribution in [0.5, 0.6) is 0 Å². The summed E-state index contributed by atoms with van der Waals surface area (Å²) in [4.78, 5) is 11.3. The summed E-state index contributed by atoms with van der Waals surface area (Å²) in [6, 6.07) is 0. The number of rotatable bonds is 6. The maximum atomic E-state index is 11.3. The Hall–Kier alpha value is -0.850. The number of nitrogens with zero attached hydrogens (tertiary/aromatic N) is 1. The Morgan fingerprint density at radius 3 is 2.25 bits per heavy atom. The Labute approximate surface area is 97.6 Å². The van der Waals surface area contributed by atoms with Crippen molar-refractivity contribution < 1.29 is 9.53 Å². The van der Waals surface area contributed by atoms with Crippen LogP contribution in [0.3, 0.4) is 0 Å². The van der Waals surface area contributed by atoms with Gasteiger partial charge >= 0.3 is 6.09 Å². The van der Waals surface area contributed by atoms with Crippen LogP contribution in [-0.2, 0) is 4.74 Å². The van der Waals surface area contributed by atoms with Gasteiger partial charge in [0.15, 0.2) is 0 Å². The molecule has 0 aromatic heterocycles. The quantitative estimate of drug-likeness (QED) is 0.459. The van der Waals surface area contributed by atoms with Crippen LogP contribution >= 0.6 is 0 Å². The molecule has 0 aliphatic heterocycles. The third-order valence-electron chi connectivity index (χ3n) is 1.77. The number of alkyl carbamates (subject to hydrolysis) is 1. The third kappa shape index (κ3) is 8.46. The molecule has 0 aliphatic carbocycles. The van der Waals surface area contributed by atoms with E-state index in [2.05, 4.69) is 16.2 Å².